The second-order valence-corrected chi connectivity index (χ2v) is 3.85. The van der Waals surface area contributed by atoms with E-state index >= 15 is 0 Å². The minimum absolute atomic E-state index is 0.496. The van der Waals surface area contributed by atoms with Gasteiger partial charge in [-0.2, -0.15) is 0 Å². The van der Waals surface area contributed by atoms with E-state index in [4.69, 9.17) is 4.74 Å². The summed E-state index contributed by atoms with van der Waals surface area (Å²) in [5.41, 5.74) is 0. The van der Waals surface area contributed by atoms with Gasteiger partial charge in [0.2, 0.25) is 0 Å². The van der Waals surface area contributed by atoms with Crippen LogP contribution in [-0.4, -0.2) is 25.3 Å². The zero-order valence-electron chi connectivity index (χ0n) is 7.18. The van der Waals surface area contributed by atoms with Gasteiger partial charge >= 0.3 is 0 Å². The van der Waals surface area contributed by atoms with E-state index in [1.165, 1.54) is 19.3 Å². The maximum atomic E-state index is 5.78. The molecule has 1 saturated heterocycles. The van der Waals surface area contributed by atoms with E-state index < -0.39 is 0 Å². The first kappa shape index (κ1) is 7.56. The summed E-state index contributed by atoms with van der Waals surface area (Å²) in [6, 6.07) is 0.578. The van der Waals surface area contributed by atoms with Crippen molar-refractivity contribution in [3.63, 3.8) is 0 Å². The Hall–Kier alpha value is -0.0800. The minimum atomic E-state index is 0.496. The molecule has 1 aliphatic heterocycles. The summed E-state index contributed by atoms with van der Waals surface area (Å²) in [5, 5.41) is 3.39. The molecule has 0 spiro atoms. The molecule has 0 radical (unpaired) electrons. The van der Waals surface area contributed by atoms with Gasteiger partial charge in [-0.25, -0.2) is 0 Å². The first-order valence-corrected chi connectivity index (χ1v) is 4.71. The lowest BCUT2D eigenvalue weighted by molar-refractivity contribution is 0.0417. The molecule has 0 unspecified atom stereocenters. The van der Waals surface area contributed by atoms with Crippen molar-refractivity contribution in [3.8, 4) is 0 Å². The Morgan fingerprint density at radius 1 is 1.36 bits per heavy atom. The molecule has 2 nitrogen and oxygen atoms in total. The molecule has 1 N–H and O–H groups in total. The van der Waals surface area contributed by atoms with Crippen molar-refractivity contribution in [2.75, 3.05) is 13.2 Å². The van der Waals surface area contributed by atoms with Crippen molar-refractivity contribution in [1.29, 1.82) is 0 Å². The second-order valence-electron chi connectivity index (χ2n) is 3.85. The van der Waals surface area contributed by atoms with Crippen LogP contribution in [0.3, 0.4) is 0 Å². The van der Waals surface area contributed by atoms with Crippen molar-refractivity contribution in [3.05, 3.63) is 0 Å². The molecule has 0 aromatic rings. The first-order valence-electron chi connectivity index (χ1n) is 4.71. The van der Waals surface area contributed by atoms with Gasteiger partial charge in [-0.05, 0) is 38.6 Å². The summed E-state index contributed by atoms with van der Waals surface area (Å²) in [6.07, 6.45) is 4.49. The van der Waals surface area contributed by atoms with E-state index in [2.05, 4.69) is 12.2 Å². The van der Waals surface area contributed by atoms with Crippen LogP contribution in [0.15, 0.2) is 0 Å². The van der Waals surface area contributed by atoms with Gasteiger partial charge in [0.1, 0.15) is 0 Å². The molecule has 0 aromatic heterocycles. The maximum Gasteiger partial charge on any atom is 0.0737 e. The van der Waals surface area contributed by atoms with Crippen molar-refractivity contribution in [2.24, 2.45) is 5.92 Å². The monoisotopic (exact) mass is 155 g/mol. The topological polar surface area (TPSA) is 21.3 Å². The van der Waals surface area contributed by atoms with Crippen LogP contribution in [0.25, 0.3) is 0 Å². The highest BCUT2D eigenvalue weighted by atomic mass is 16.5. The minimum Gasteiger partial charge on any atom is -0.376 e. The Morgan fingerprint density at radius 2 is 2.18 bits per heavy atom. The fourth-order valence-corrected chi connectivity index (χ4v) is 1.61. The smallest absolute Gasteiger partial charge is 0.0737 e. The predicted octanol–water partition coefficient (Wildman–Crippen LogP) is 1.16. The van der Waals surface area contributed by atoms with Gasteiger partial charge in [0, 0.05) is 12.6 Å². The van der Waals surface area contributed by atoms with Crippen molar-refractivity contribution < 1.29 is 4.74 Å². The quantitative estimate of drug-likeness (QED) is 0.660. The molecule has 0 aromatic carbocycles. The Bertz CT molecular complexity index is 134. The van der Waals surface area contributed by atoms with Crippen LogP contribution in [0.4, 0.5) is 0 Å². The van der Waals surface area contributed by atoms with E-state index in [0.717, 1.165) is 19.1 Å². The number of rotatable bonds is 3. The van der Waals surface area contributed by atoms with Crippen LogP contribution in [0, 0.1) is 5.92 Å². The van der Waals surface area contributed by atoms with Gasteiger partial charge in [-0.15, -0.1) is 0 Å². The summed E-state index contributed by atoms with van der Waals surface area (Å²) >= 11 is 0. The molecular weight excluding hydrogens is 138 g/mol. The van der Waals surface area contributed by atoms with E-state index in [0.29, 0.717) is 12.1 Å². The highest BCUT2D eigenvalue weighted by Crippen LogP contribution is 2.29. The molecule has 2 atom stereocenters. The predicted molar refractivity (Wildman–Crippen MR) is 44.5 cm³/mol. The van der Waals surface area contributed by atoms with Crippen molar-refractivity contribution in [2.45, 2.75) is 38.3 Å². The summed E-state index contributed by atoms with van der Waals surface area (Å²) in [6.45, 7) is 4.36. The average molecular weight is 155 g/mol. The van der Waals surface area contributed by atoms with Crippen LogP contribution >= 0.6 is 0 Å². The molecular formula is C9H17NO. The van der Waals surface area contributed by atoms with Crippen LogP contribution < -0.4 is 5.32 Å². The van der Waals surface area contributed by atoms with Crippen molar-refractivity contribution in [1.82, 2.24) is 5.32 Å². The van der Waals surface area contributed by atoms with Crippen LogP contribution in [0.2, 0.25) is 0 Å². The van der Waals surface area contributed by atoms with Gasteiger partial charge in [-0.1, -0.05) is 0 Å². The van der Waals surface area contributed by atoms with Gasteiger partial charge in [0.25, 0.3) is 0 Å². The lowest BCUT2D eigenvalue weighted by Crippen LogP contribution is -2.29. The molecule has 2 aliphatic rings. The van der Waals surface area contributed by atoms with Gasteiger partial charge in [0.05, 0.1) is 6.10 Å². The third-order valence-electron chi connectivity index (χ3n) is 2.70. The van der Waals surface area contributed by atoms with Crippen LogP contribution in [0.1, 0.15) is 26.2 Å². The molecule has 2 fully saturated rings. The number of hydrogen-bond donors (Lipinski definition) is 1. The van der Waals surface area contributed by atoms with E-state index in [1.807, 2.05) is 0 Å². The molecule has 64 valence electrons. The highest BCUT2D eigenvalue weighted by Gasteiger charge is 2.27. The van der Waals surface area contributed by atoms with Crippen molar-refractivity contribution >= 4 is 0 Å². The molecule has 1 aliphatic carbocycles. The third-order valence-corrected chi connectivity index (χ3v) is 2.70. The fourth-order valence-electron chi connectivity index (χ4n) is 1.61. The van der Waals surface area contributed by atoms with Gasteiger partial charge < -0.3 is 10.1 Å². The Kier molecular flexibility index (Phi) is 2.14. The summed E-state index contributed by atoms with van der Waals surface area (Å²) < 4.78 is 5.78. The lowest BCUT2D eigenvalue weighted by atomic mass is 10.2. The van der Waals surface area contributed by atoms with E-state index in [-0.39, 0.29) is 0 Å². The van der Waals surface area contributed by atoms with Gasteiger partial charge in [0.15, 0.2) is 0 Å². The molecule has 2 heteroatoms. The summed E-state index contributed by atoms with van der Waals surface area (Å²) in [7, 11) is 0. The summed E-state index contributed by atoms with van der Waals surface area (Å²) in [4.78, 5) is 0. The summed E-state index contributed by atoms with van der Waals surface area (Å²) in [5.74, 6) is 0.905. The normalized spacial score (nSPS) is 37.9. The second kappa shape index (κ2) is 3.11. The average Bonchev–Trinajstić information content (AvgIpc) is 2.73. The number of hydrogen-bond acceptors (Lipinski definition) is 2. The molecule has 2 rings (SSSR count). The third kappa shape index (κ3) is 1.94. The van der Waals surface area contributed by atoms with Crippen LogP contribution in [-0.2, 0) is 4.74 Å². The molecule has 0 amide bonds. The Morgan fingerprint density at radius 3 is 2.73 bits per heavy atom. The Balaban J connectivity index is 1.67. The van der Waals surface area contributed by atoms with E-state index in [9.17, 15) is 0 Å². The zero-order chi connectivity index (χ0) is 7.68. The lowest BCUT2D eigenvalue weighted by Gasteiger charge is -2.15. The maximum absolute atomic E-state index is 5.78. The first-order chi connectivity index (χ1) is 5.36. The molecule has 11 heavy (non-hydrogen) atoms. The van der Waals surface area contributed by atoms with Crippen LogP contribution in [0.5, 0.6) is 0 Å². The SMILES string of the molecule is C[C@H]1NCC[C@H]1OCC1CC1. The molecule has 1 saturated carbocycles. The largest absolute Gasteiger partial charge is 0.376 e. The highest BCUT2D eigenvalue weighted by molar-refractivity contribution is 4.82. The zero-order valence-corrected chi connectivity index (χ0v) is 7.18. The number of nitrogens with one attached hydrogen (secondary N) is 1. The fraction of sp³-hybridized carbons (Fsp3) is 1.00. The number of ether oxygens (including phenoxy) is 1. The standard InChI is InChI=1S/C9H17NO/c1-7-9(4-5-10-7)11-6-8-2-3-8/h7-10H,2-6H2,1H3/t7-,9-/m1/s1. The Labute approximate surface area is 68.3 Å². The van der Waals surface area contributed by atoms with E-state index in [1.54, 1.807) is 0 Å². The molecule has 1 heterocycles. The van der Waals surface area contributed by atoms with Gasteiger partial charge in [-0.3, -0.25) is 0 Å². The molecule has 0 bridgehead atoms.